The van der Waals surface area contributed by atoms with E-state index in [1.807, 2.05) is 13.8 Å². The van der Waals surface area contributed by atoms with Gasteiger partial charge in [-0.25, -0.2) is 4.79 Å². The van der Waals surface area contributed by atoms with Gasteiger partial charge in [-0.2, -0.15) is 0 Å². The predicted octanol–water partition coefficient (Wildman–Crippen LogP) is 2.03. The van der Waals surface area contributed by atoms with E-state index in [-0.39, 0.29) is 18.4 Å². The third-order valence-electron chi connectivity index (χ3n) is 1.71. The van der Waals surface area contributed by atoms with Crippen LogP contribution in [0.5, 0.6) is 5.75 Å². The minimum atomic E-state index is -0.432. The first-order valence-corrected chi connectivity index (χ1v) is 4.79. The monoisotopic (exact) mass is 209 g/mol. The zero-order valence-corrected chi connectivity index (χ0v) is 8.86. The van der Waals surface area contributed by atoms with Crippen LogP contribution in [0, 0.1) is 0 Å². The standard InChI is InChI=1S/C11H15NO3/c1-8(2)12-11(14)15-7-9-3-5-10(13)6-4-9/h3-6,8,13H,7H2,1-2H3,(H,12,14). The Morgan fingerprint density at radius 1 is 1.40 bits per heavy atom. The van der Waals surface area contributed by atoms with Crippen LogP contribution >= 0.6 is 0 Å². The van der Waals surface area contributed by atoms with Crippen molar-refractivity contribution in [3.05, 3.63) is 29.8 Å². The Labute approximate surface area is 88.9 Å². The average molecular weight is 209 g/mol. The van der Waals surface area contributed by atoms with Gasteiger partial charge in [0.05, 0.1) is 0 Å². The van der Waals surface area contributed by atoms with Crippen LogP contribution < -0.4 is 5.32 Å². The topological polar surface area (TPSA) is 58.6 Å². The molecule has 15 heavy (non-hydrogen) atoms. The highest BCUT2D eigenvalue weighted by molar-refractivity contribution is 5.67. The van der Waals surface area contributed by atoms with Gasteiger partial charge in [-0.15, -0.1) is 0 Å². The van der Waals surface area contributed by atoms with Crippen molar-refractivity contribution in [2.75, 3.05) is 0 Å². The van der Waals surface area contributed by atoms with Crippen molar-refractivity contribution >= 4 is 6.09 Å². The number of amides is 1. The number of phenolic OH excluding ortho intramolecular Hbond substituents is 1. The number of carbonyl (C=O) groups excluding carboxylic acids is 1. The zero-order valence-electron chi connectivity index (χ0n) is 8.86. The van der Waals surface area contributed by atoms with Crippen molar-refractivity contribution in [1.82, 2.24) is 5.32 Å². The van der Waals surface area contributed by atoms with E-state index < -0.39 is 6.09 Å². The number of benzene rings is 1. The van der Waals surface area contributed by atoms with Gasteiger partial charge in [-0.3, -0.25) is 0 Å². The van der Waals surface area contributed by atoms with Gasteiger partial charge >= 0.3 is 6.09 Å². The van der Waals surface area contributed by atoms with Crippen molar-refractivity contribution < 1.29 is 14.6 Å². The number of hydrogen-bond acceptors (Lipinski definition) is 3. The molecular formula is C11H15NO3. The molecule has 1 rings (SSSR count). The molecule has 0 aliphatic carbocycles. The molecule has 0 aliphatic rings. The Morgan fingerprint density at radius 3 is 2.53 bits per heavy atom. The van der Waals surface area contributed by atoms with Gasteiger partial charge < -0.3 is 15.2 Å². The summed E-state index contributed by atoms with van der Waals surface area (Å²) in [4.78, 5) is 11.1. The van der Waals surface area contributed by atoms with Gasteiger partial charge in [0.2, 0.25) is 0 Å². The maximum absolute atomic E-state index is 11.1. The second-order valence-electron chi connectivity index (χ2n) is 3.54. The first-order chi connectivity index (χ1) is 7.08. The maximum atomic E-state index is 11.1. The van der Waals surface area contributed by atoms with E-state index in [9.17, 15) is 4.79 Å². The van der Waals surface area contributed by atoms with Crippen molar-refractivity contribution in [3.63, 3.8) is 0 Å². The van der Waals surface area contributed by atoms with E-state index in [0.717, 1.165) is 5.56 Å². The molecule has 0 fully saturated rings. The van der Waals surface area contributed by atoms with Crippen LogP contribution in [-0.2, 0) is 11.3 Å². The Hall–Kier alpha value is -1.71. The molecule has 0 heterocycles. The van der Waals surface area contributed by atoms with Gasteiger partial charge in [0.25, 0.3) is 0 Å². The Kier molecular flexibility index (Phi) is 3.97. The molecule has 0 bridgehead atoms. The first-order valence-electron chi connectivity index (χ1n) is 4.79. The predicted molar refractivity (Wildman–Crippen MR) is 56.6 cm³/mol. The van der Waals surface area contributed by atoms with Crippen molar-refractivity contribution in [2.24, 2.45) is 0 Å². The normalized spacial score (nSPS) is 10.1. The fourth-order valence-corrected chi connectivity index (χ4v) is 1.02. The van der Waals surface area contributed by atoms with Crippen LogP contribution in [0.15, 0.2) is 24.3 Å². The Balaban J connectivity index is 2.37. The summed E-state index contributed by atoms with van der Waals surface area (Å²) in [5.74, 6) is 0.199. The molecule has 0 radical (unpaired) electrons. The highest BCUT2D eigenvalue weighted by atomic mass is 16.5. The van der Waals surface area contributed by atoms with Crippen LogP contribution in [0.1, 0.15) is 19.4 Å². The van der Waals surface area contributed by atoms with E-state index in [0.29, 0.717) is 0 Å². The van der Waals surface area contributed by atoms with Gasteiger partial charge in [-0.1, -0.05) is 12.1 Å². The van der Waals surface area contributed by atoms with E-state index in [1.54, 1.807) is 24.3 Å². The molecule has 1 aromatic carbocycles. The lowest BCUT2D eigenvalue weighted by Gasteiger charge is -2.09. The third-order valence-corrected chi connectivity index (χ3v) is 1.71. The number of nitrogens with one attached hydrogen (secondary N) is 1. The summed E-state index contributed by atoms with van der Waals surface area (Å²) < 4.78 is 4.95. The van der Waals surface area contributed by atoms with Gasteiger partial charge in [0, 0.05) is 6.04 Å². The van der Waals surface area contributed by atoms with Crippen molar-refractivity contribution in [3.8, 4) is 5.75 Å². The van der Waals surface area contributed by atoms with Crippen molar-refractivity contribution in [2.45, 2.75) is 26.5 Å². The van der Waals surface area contributed by atoms with E-state index >= 15 is 0 Å². The van der Waals surface area contributed by atoms with Crippen LogP contribution in [0.25, 0.3) is 0 Å². The summed E-state index contributed by atoms with van der Waals surface area (Å²) in [5, 5.41) is 11.6. The van der Waals surface area contributed by atoms with Crippen molar-refractivity contribution in [1.29, 1.82) is 0 Å². The van der Waals surface area contributed by atoms with Crippen LogP contribution in [0.4, 0.5) is 4.79 Å². The maximum Gasteiger partial charge on any atom is 0.407 e. The Bertz CT molecular complexity index is 319. The minimum absolute atomic E-state index is 0.0670. The average Bonchev–Trinajstić information content (AvgIpc) is 2.16. The lowest BCUT2D eigenvalue weighted by atomic mass is 10.2. The highest BCUT2D eigenvalue weighted by Gasteiger charge is 2.03. The number of rotatable bonds is 3. The molecule has 4 nitrogen and oxygen atoms in total. The summed E-state index contributed by atoms with van der Waals surface area (Å²) in [5.41, 5.74) is 0.840. The van der Waals surface area contributed by atoms with Gasteiger partial charge in [-0.05, 0) is 31.5 Å². The molecule has 0 saturated heterocycles. The molecule has 0 aromatic heterocycles. The molecule has 82 valence electrons. The lowest BCUT2D eigenvalue weighted by molar-refractivity contribution is 0.137. The van der Waals surface area contributed by atoms with Crippen LogP contribution in [0.3, 0.4) is 0 Å². The SMILES string of the molecule is CC(C)NC(=O)OCc1ccc(O)cc1. The first kappa shape index (κ1) is 11.4. The highest BCUT2D eigenvalue weighted by Crippen LogP contribution is 2.10. The summed E-state index contributed by atoms with van der Waals surface area (Å²) in [7, 11) is 0. The van der Waals surface area contributed by atoms with Crippen LogP contribution in [0.2, 0.25) is 0 Å². The second kappa shape index (κ2) is 5.24. The Morgan fingerprint density at radius 2 is 2.00 bits per heavy atom. The number of carbonyl (C=O) groups is 1. The quantitative estimate of drug-likeness (QED) is 0.800. The molecule has 0 saturated carbocycles. The molecule has 0 atom stereocenters. The lowest BCUT2D eigenvalue weighted by Crippen LogP contribution is -2.30. The van der Waals surface area contributed by atoms with Crippen LogP contribution in [-0.4, -0.2) is 17.2 Å². The summed E-state index contributed by atoms with van der Waals surface area (Å²) in [6.07, 6.45) is -0.432. The van der Waals surface area contributed by atoms with E-state index in [1.165, 1.54) is 0 Å². The molecule has 0 unspecified atom stereocenters. The number of ether oxygens (including phenoxy) is 1. The second-order valence-corrected chi connectivity index (χ2v) is 3.54. The van der Waals surface area contributed by atoms with E-state index in [2.05, 4.69) is 5.32 Å². The fourth-order valence-electron chi connectivity index (χ4n) is 1.02. The largest absolute Gasteiger partial charge is 0.508 e. The summed E-state index contributed by atoms with van der Waals surface area (Å²) >= 11 is 0. The molecular weight excluding hydrogens is 194 g/mol. The zero-order chi connectivity index (χ0) is 11.3. The molecule has 2 N–H and O–H groups in total. The van der Waals surface area contributed by atoms with Gasteiger partial charge in [0.15, 0.2) is 0 Å². The summed E-state index contributed by atoms with van der Waals surface area (Å²) in [6.45, 7) is 3.93. The number of phenols is 1. The molecule has 1 amide bonds. The molecule has 0 aliphatic heterocycles. The van der Waals surface area contributed by atoms with E-state index in [4.69, 9.17) is 9.84 Å². The minimum Gasteiger partial charge on any atom is -0.508 e. The fraction of sp³-hybridized carbons (Fsp3) is 0.364. The third kappa shape index (κ3) is 4.35. The smallest absolute Gasteiger partial charge is 0.407 e. The summed E-state index contributed by atoms with van der Waals surface area (Å²) in [6, 6.07) is 6.59. The van der Waals surface area contributed by atoms with Gasteiger partial charge in [0.1, 0.15) is 12.4 Å². The molecule has 4 heteroatoms. The molecule has 0 spiro atoms. The molecule has 1 aromatic rings. The number of aromatic hydroxyl groups is 1. The number of hydrogen-bond donors (Lipinski definition) is 2. The number of alkyl carbamates (subject to hydrolysis) is 1.